The van der Waals surface area contributed by atoms with Crippen molar-refractivity contribution in [3.63, 3.8) is 0 Å². The van der Waals surface area contributed by atoms with Gasteiger partial charge in [-0.2, -0.15) is 5.26 Å². The normalized spacial score (nSPS) is 23.8. The number of nitrogens with zero attached hydrogens (tertiary/aromatic N) is 1. The van der Waals surface area contributed by atoms with Crippen LogP contribution in [-0.2, 0) is 9.53 Å². The van der Waals surface area contributed by atoms with Gasteiger partial charge in [0.2, 0.25) is 0 Å². The van der Waals surface area contributed by atoms with Gasteiger partial charge in [-0.1, -0.05) is 0 Å². The molecule has 0 N–H and O–H groups in total. The molecule has 0 amide bonds. The average molecular weight is 181 g/mol. The Labute approximate surface area is 78.7 Å². The van der Waals surface area contributed by atoms with Crippen molar-refractivity contribution >= 4 is 5.78 Å². The summed E-state index contributed by atoms with van der Waals surface area (Å²) < 4.78 is 5.38. The number of Topliss-reactive ketones (excluding diaryl/α,β-unsaturated/α-hetero) is 1. The standard InChI is InChI=1S/C10H15NO2/c1-8(7-11)10(12)5-4-9-3-2-6-13-9/h8-9H,2-6H2,1H3. The fourth-order valence-corrected chi connectivity index (χ4v) is 1.46. The molecule has 2 atom stereocenters. The number of carbonyl (C=O) groups excluding carboxylic acids is 1. The molecule has 1 fully saturated rings. The number of carbonyl (C=O) groups is 1. The van der Waals surface area contributed by atoms with Gasteiger partial charge in [-0.05, 0) is 26.2 Å². The Balaban J connectivity index is 2.18. The number of ketones is 1. The van der Waals surface area contributed by atoms with E-state index in [0.717, 1.165) is 25.9 Å². The van der Waals surface area contributed by atoms with Crippen molar-refractivity contribution < 1.29 is 9.53 Å². The van der Waals surface area contributed by atoms with E-state index in [4.69, 9.17) is 10.00 Å². The van der Waals surface area contributed by atoms with Gasteiger partial charge in [-0.15, -0.1) is 0 Å². The fraction of sp³-hybridized carbons (Fsp3) is 0.800. The van der Waals surface area contributed by atoms with Crippen molar-refractivity contribution in [1.29, 1.82) is 5.26 Å². The number of ether oxygens (including phenoxy) is 1. The van der Waals surface area contributed by atoms with E-state index in [9.17, 15) is 4.79 Å². The summed E-state index contributed by atoms with van der Waals surface area (Å²) >= 11 is 0. The number of hydrogen-bond donors (Lipinski definition) is 0. The molecule has 13 heavy (non-hydrogen) atoms. The van der Waals surface area contributed by atoms with Crippen LogP contribution in [0.15, 0.2) is 0 Å². The first kappa shape index (κ1) is 10.2. The Hall–Kier alpha value is -0.880. The van der Waals surface area contributed by atoms with E-state index >= 15 is 0 Å². The molecule has 3 heteroatoms. The minimum Gasteiger partial charge on any atom is -0.378 e. The topological polar surface area (TPSA) is 50.1 Å². The summed E-state index contributed by atoms with van der Waals surface area (Å²) in [4.78, 5) is 11.3. The molecule has 0 bridgehead atoms. The number of hydrogen-bond acceptors (Lipinski definition) is 3. The molecule has 0 saturated carbocycles. The molecule has 0 aromatic heterocycles. The molecule has 0 aliphatic carbocycles. The van der Waals surface area contributed by atoms with Crippen LogP contribution in [0.4, 0.5) is 0 Å². The first-order chi connectivity index (χ1) is 6.24. The molecule has 0 aromatic rings. The predicted octanol–water partition coefficient (Wildman–Crippen LogP) is 1.67. The van der Waals surface area contributed by atoms with Crippen LogP contribution >= 0.6 is 0 Å². The number of rotatable bonds is 4. The van der Waals surface area contributed by atoms with Gasteiger partial charge in [0.1, 0.15) is 11.7 Å². The Kier molecular flexibility index (Phi) is 3.91. The average Bonchev–Trinajstić information content (AvgIpc) is 2.65. The Morgan fingerprint density at radius 2 is 2.54 bits per heavy atom. The lowest BCUT2D eigenvalue weighted by Crippen LogP contribution is -2.13. The van der Waals surface area contributed by atoms with Gasteiger partial charge < -0.3 is 4.74 Å². The largest absolute Gasteiger partial charge is 0.378 e. The maximum absolute atomic E-state index is 11.3. The third-order valence-electron chi connectivity index (χ3n) is 2.41. The molecule has 3 nitrogen and oxygen atoms in total. The van der Waals surface area contributed by atoms with Gasteiger partial charge >= 0.3 is 0 Å². The quantitative estimate of drug-likeness (QED) is 0.663. The van der Waals surface area contributed by atoms with Crippen LogP contribution in [0, 0.1) is 17.2 Å². The van der Waals surface area contributed by atoms with Crippen LogP contribution in [0.3, 0.4) is 0 Å². The number of nitriles is 1. The molecule has 0 radical (unpaired) electrons. The highest BCUT2D eigenvalue weighted by atomic mass is 16.5. The zero-order valence-electron chi connectivity index (χ0n) is 7.95. The Morgan fingerprint density at radius 3 is 3.08 bits per heavy atom. The first-order valence-electron chi connectivity index (χ1n) is 4.78. The monoisotopic (exact) mass is 181 g/mol. The molecule has 1 saturated heterocycles. The van der Waals surface area contributed by atoms with E-state index in [1.54, 1.807) is 6.92 Å². The lowest BCUT2D eigenvalue weighted by Gasteiger charge is -2.08. The minimum atomic E-state index is -0.457. The molecule has 2 unspecified atom stereocenters. The third kappa shape index (κ3) is 3.16. The maximum atomic E-state index is 11.3. The molecule has 1 aliphatic rings. The molecule has 1 rings (SSSR count). The predicted molar refractivity (Wildman–Crippen MR) is 48.0 cm³/mol. The van der Waals surface area contributed by atoms with Crippen LogP contribution in [0.2, 0.25) is 0 Å². The minimum absolute atomic E-state index is 0.0398. The highest BCUT2D eigenvalue weighted by Gasteiger charge is 2.18. The summed E-state index contributed by atoms with van der Waals surface area (Å²) in [5.41, 5.74) is 0. The summed E-state index contributed by atoms with van der Waals surface area (Å²) in [6.45, 7) is 2.48. The molecular weight excluding hydrogens is 166 g/mol. The second-order valence-corrected chi connectivity index (χ2v) is 3.49. The maximum Gasteiger partial charge on any atom is 0.149 e. The molecule has 1 aliphatic heterocycles. The summed E-state index contributed by atoms with van der Waals surface area (Å²) in [6, 6.07) is 1.95. The van der Waals surface area contributed by atoms with Crippen molar-refractivity contribution in [2.24, 2.45) is 5.92 Å². The van der Waals surface area contributed by atoms with Crippen LogP contribution in [0.25, 0.3) is 0 Å². The Morgan fingerprint density at radius 1 is 1.77 bits per heavy atom. The van der Waals surface area contributed by atoms with Crippen LogP contribution in [0.1, 0.15) is 32.6 Å². The van der Waals surface area contributed by atoms with Gasteiger partial charge in [-0.25, -0.2) is 0 Å². The van der Waals surface area contributed by atoms with E-state index < -0.39 is 5.92 Å². The third-order valence-corrected chi connectivity index (χ3v) is 2.41. The van der Waals surface area contributed by atoms with Crippen LogP contribution < -0.4 is 0 Å². The fourth-order valence-electron chi connectivity index (χ4n) is 1.46. The van der Waals surface area contributed by atoms with Crippen LogP contribution in [-0.4, -0.2) is 18.5 Å². The lowest BCUT2D eigenvalue weighted by atomic mass is 10.0. The van der Waals surface area contributed by atoms with E-state index in [1.807, 2.05) is 6.07 Å². The molecular formula is C10H15NO2. The molecule has 0 spiro atoms. The van der Waals surface area contributed by atoms with E-state index in [0.29, 0.717) is 6.42 Å². The zero-order chi connectivity index (χ0) is 9.68. The van der Waals surface area contributed by atoms with Gasteiger partial charge in [0.25, 0.3) is 0 Å². The smallest absolute Gasteiger partial charge is 0.149 e. The van der Waals surface area contributed by atoms with Crippen molar-refractivity contribution in [3.8, 4) is 6.07 Å². The highest BCUT2D eigenvalue weighted by Crippen LogP contribution is 2.17. The van der Waals surface area contributed by atoms with Crippen molar-refractivity contribution in [2.75, 3.05) is 6.61 Å². The Bertz CT molecular complexity index is 213. The van der Waals surface area contributed by atoms with Gasteiger partial charge in [-0.3, -0.25) is 4.79 Å². The molecule has 0 aromatic carbocycles. The molecule has 72 valence electrons. The summed E-state index contributed by atoms with van der Waals surface area (Å²) in [7, 11) is 0. The first-order valence-corrected chi connectivity index (χ1v) is 4.78. The van der Waals surface area contributed by atoms with Gasteiger partial charge in [0.05, 0.1) is 12.2 Å². The van der Waals surface area contributed by atoms with E-state index in [2.05, 4.69) is 0 Å². The van der Waals surface area contributed by atoms with Crippen molar-refractivity contribution in [1.82, 2.24) is 0 Å². The van der Waals surface area contributed by atoms with Gasteiger partial charge in [0.15, 0.2) is 0 Å². The summed E-state index contributed by atoms with van der Waals surface area (Å²) in [5, 5.41) is 8.50. The second kappa shape index (κ2) is 4.98. The van der Waals surface area contributed by atoms with Crippen molar-refractivity contribution in [2.45, 2.75) is 38.7 Å². The zero-order valence-corrected chi connectivity index (χ0v) is 7.95. The second-order valence-electron chi connectivity index (χ2n) is 3.49. The van der Waals surface area contributed by atoms with Crippen LogP contribution in [0.5, 0.6) is 0 Å². The molecule has 1 heterocycles. The summed E-state index contributed by atoms with van der Waals surface area (Å²) in [6.07, 6.45) is 3.69. The van der Waals surface area contributed by atoms with Gasteiger partial charge in [0, 0.05) is 13.0 Å². The van der Waals surface area contributed by atoms with E-state index in [-0.39, 0.29) is 11.9 Å². The lowest BCUT2D eigenvalue weighted by molar-refractivity contribution is -0.121. The van der Waals surface area contributed by atoms with E-state index in [1.165, 1.54) is 0 Å². The summed E-state index contributed by atoms with van der Waals surface area (Å²) in [5.74, 6) is -0.417. The SMILES string of the molecule is CC(C#N)C(=O)CCC1CCCO1. The highest BCUT2D eigenvalue weighted by molar-refractivity contribution is 5.82. The van der Waals surface area contributed by atoms with Crippen molar-refractivity contribution in [3.05, 3.63) is 0 Å².